The van der Waals surface area contributed by atoms with Crippen LogP contribution in [0.1, 0.15) is 6.92 Å². The van der Waals surface area contributed by atoms with Crippen molar-refractivity contribution in [3.63, 3.8) is 0 Å². The third-order valence-corrected chi connectivity index (χ3v) is 5.70. The van der Waals surface area contributed by atoms with E-state index in [1.807, 2.05) is 28.9 Å². The largest absolute Gasteiger partial charge is 1.00 e. The summed E-state index contributed by atoms with van der Waals surface area (Å²) in [4.78, 5) is 19.5. The Morgan fingerprint density at radius 1 is 1.23 bits per heavy atom. The van der Waals surface area contributed by atoms with Gasteiger partial charge in [0, 0.05) is 18.8 Å². The summed E-state index contributed by atoms with van der Waals surface area (Å²) in [6.45, 7) is 6.03. The maximum atomic E-state index is 12.2. The lowest BCUT2D eigenvalue weighted by molar-refractivity contribution is -0.890. The minimum absolute atomic E-state index is 0. The quantitative estimate of drug-likeness (QED) is 0.424. The molecule has 0 saturated carbocycles. The summed E-state index contributed by atoms with van der Waals surface area (Å²) < 4.78 is 2.86. The van der Waals surface area contributed by atoms with E-state index in [9.17, 15) is 9.90 Å². The van der Waals surface area contributed by atoms with Crippen molar-refractivity contribution in [2.24, 2.45) is 4.99 Å². The molecule has 1 fully saturated rings. The Hall–Kier alpha value is -2.68. The molecule has 2 aromatic heterocycles. The molecule has 0 unspecified atom stereocenters. The van der Waals surface area contributed by atoms with Crippen LogP contribution in [-0.4, -0.2) is 84.1 Å². The predicted octanol–water partition coefficient (Wildman–Crippen LogP) is -1.70. The number of rotatable bonds is 5. The molecule has 31 heavy (non-hydrogen) atoms. The van der Waals surface area contributed by atoms with Gasteiger partial charge in [0.05, 0.1) is 63.8 Å². The van der Waals surface area contributed by atoms with Gasteiger partial charge >= 0.3 is 0 Å². The third kappa shape index (κ3) is 4.81. The van der Waals surface area contributed by atoms with E-state index in [0.29, 0.717) is 23.5 Å². The van der Waals surface area contributed by atoms with Crippen molar-refractivity contribution in [3.05, 3.63) is 47.8 Å². The van der Waals surface area contributed by atoms with Gasteiger partial charge in [-0.2, -0.15) is 0 Å². The second-order valence-corrected chi connectivity index (χ2v) is 8.47. The molecule has 2 N–H and O–H groups in total. The summed E-state index contributed by atoms with van der Waals surface area (Å²) in [5.41, 5.74) is 3.65. The minimum Gasteiger partial charge on any atom is -1.00 e. The predicted molar refractivity (Wildman–Crippen MR) is 118 cm³/mol. The summed E-state index contributed by atoms with van der Waals surface area (Å²) in [6, 6.07) is 5.94. The first-order valence-corrected chi connectivity index (χ1v) is 10.3. The summed E-state index contributed by atoms with van der Waals surface area (Å²) in [5, 5.41) is 17.2. The molecule has 1 saturated heterocycles. The molecule has 4 rings (SSSR count). The second-order valence-electron chi connectivity index (χ2n) is 8.47. The van der Waals surface area contributed by atoms with Gasteiger partial charge in [-0.05, 0) is 30.7 Å². The molecular weight excluding hydrogens is 416 g/mol. The van der Waals surface area contributed by atoms with Crippen LogP contribution < -0.4 is 22.6 Å². The van der Waals surface area contributed by atoms with Crippen LogP contribution in [0.5, 0.6) is 0 Å². The van der Waals surface area contributed by atoms with Crippen LogP contribution in [0.2, 0.25) is 0 Å². The van der Waals surface area contributed by atoms with Crippen LogP contribution in [0.15, 0.2) is 52.8 Å². The van der Waals surface area contributed by atoms with Crippen molar-refractivity contribution in [1.82, 2.24) is 14.9 Å². The van der Waals surface area contributed by atoms with Gasteiger partial charge in [0.15, 0.2) is 11.6 Å². The van der Waals surface area contributed by atoms with Crippen LogP contribution in [0.25, 0.3) is 5.52 Å². The third-order valence-electron chi connectivity index (χ3n) is 5.70. The second kappa shape index (κ2) is 9.21. The number of allylic oxidation sites excluding steroid dienone is 3. The van der Waals surface area contributed by atoms with E-state index in [1.165, 1.54) is 0 Å². The SMILES string of the molecule is CC1=CC(=Nc2c(N3CC[N+](C)(C)CC3)nn3ccccc23)C(NCCO)=CC1=O.[Cl-]. The molecule has 0 atom stereocenters. The van der Waals surface area contributed by atoms with E-state index in [2.05, 4.69) is 24.3 Å². The smallest absolute Gasteiger partial charge is 0.183 e. The van der Waals surface area contributed by atoms with Crippen LogP contribution in [0, 0.1) is 0 Å². The molecule has 166 valence electrons. The molecule has 1 aliphatic heterocycles. The van der Waals surface area contributed by atoms with Gasteiger partial charge in [-0.25, -0.2) is 9.51 Å². The van der Waals surface area contributed by atoms with E-state index in [0.717, 1.165) is 47.7 Å². The summed E-state index contributed by atoms with van der Waals surface area (Å²) >= 11 is 0. The lowest BCUT2D eigenvalue weighted by Gasteiger charge is -2.39. The number of aliphatic imine (C=N–C) groups is 1. The first kappa shape index (κ1) is 23.0. The molecule has 0 spiro atoms. The number of aliphatic hydroxyl groups is 1. The highest BCUT2D eigenvalue weighted by Gasteiger charge is 2.28. The molecule has 3 heterocycles. The molecule has 2 aliphatic rings. The number of anilines is 1. The normalized spacial score (nSPS) is 19.8. The Labute approximate surface area is 188 Å². The molecule has 8 nitrogen and oxygen atoms in total. The van der Waals surface area contributed by atoms with Crippen molar-refractivity contribution in [2.45, 2.75) is 6.92 Å². The van der Waals surface area contributed by atoms with Gasteiger partial charge < -0.3 is 32.2 Å². The average molecular weight is 445 g/mol. The molecule has 0 aromatic carbocycles. The lowest BCUT2D eigenvalue weighted by Crippen LogP contribution is -3.00. The van der Waals surface area contributed by atoms with Gasteiger partial charge in [0.25, 0.3) is 0 Å². The highest BCUT2D eigenvalue weighted by atomic mass is 35.5. The number of quaternary nitrogens is 1. The zero-order valence-corrected chi connectivity index (χ0v) is 18.9. The Balaban J connectivity index is 0.00000272. The fraction of sp³-hybridized carbons (Fsp3) is 0.409. The van der Waals surface area contributed by atoms with Crippen molar-refractivity contribution < 1.29 is 26.8 Å². The number of hydrogen-bond donors (Lipinski definition) is 2. The first-order chi connectivity index (χ1) is 14.4. The number of pyridine rings is 1. The Kier molecular flexibility index (Phi) is 6.83. The number of hydrogen-bond acceptors (Lipinski definition) is 6. The van der Waals surface area contributed by atoms with Crippen molar-refractivity contribution in [2.75, 3.05) is 58.3 Å². The molecule has 1 aliphatic carbocycles. The van der Waals surface area contributed by atoms with Crippen LogP contribution >= 0.6 is 0 Å². The van der Waals surface area contributed by atoms with Gasteiger partial charge in [0.2, 0.25) is 0 Å². The highest BCUT2D eigenvalue weighted by molar-refractivity contribution is 6.22. The van der Waals surface area contributed by atoms with Crippen molar-refractivity contribution in [3.8, 4) is 0 Å². The fourth-order valence-electron chi connectivity index (χ4n) is 3.73. The number of nitrogens with one attached hydrogen (secondary N) is 1. The molecule has 0 radical (unpaired) electrons. The number of carbonyl (C=O) groups excluding carboxylic acids is 1. The molecular formula is C22H29ClN6O2. The molecule has 2 aromatic rings. The van der Waals surface area contributed by atoms with Crippen LogP contribution in [0.4, 0.5) is 11.5 Å². The number of aromatic nitrogens is 2. The molecule has 0 bridgehead atoms. The zero-order chi connectivity index (χ0) is 21.3. The Bertz CT molecular complexity index is 1060. The molecule has 9 heteroatoms. The number of fused-ring (bicyclic) bond motifs is 1. The van der Waals surface area contributed by atoms with Gasteiger partial charge in [0.1, 0.15) is 5.69 Å². The van der Waals surface area contributed by atoms with E-state index in [-0.39, 0.29) is 24.8 Å². The van der Waals surface area contributed by atoms with Gasteiger partial charge in [-0.1, -0.05) is 6.07 Å². The summed E-state index contributed by atoms with van der Waals surface area (Å²) in [7, 11) is 4.50. The Morgan fingerprint density at radius 3 is 2.68 bits per heavy atom. The maximum Gasteiger partial charge on any atom is 0.183 e. The van der Waals surface area contributed by atoms with Gasteiger partial charge in [-0.15, -0.1) is 5.10 Å². The van der Waals surface area contributed by atoms with Gasteiger partial charge in [-0.3, -0.25) is 4.79 Å². The topological polar surface area (TPSA) is 82.2 Å². The monoisotopic (exact) mass is 444 g/mol. The average Bonchev–Trinajstić information content (AvgIpc) is 3.08. The lowest BCUT2D eigenvalue weighted by atomic mass is 10.0. The maximum absolute atomic E-state index is 12.2. The van der Waals surface area contributed by atoms with E-state index in [1.54, 1.807) is 19.1 Å². The van der Waals surface area contributed by atoms with E-state index < -0.39 is 0 Å². The van der Waals surface area contributed by atoms with E-state index >= 15 is 0 Å². The number of likely N-dealkylation sites (N-methyl/N-ethyl adjacent to an activating group) is 1. The number of nitrogens with zero attached hydrogens (tertiary/aromatic N) is 5. The van der Waals surface area contributed by atoms with Crippen LogP contribution in [-0.2, 0) is 4.79 Å². The Morgan fingerprint density at radius 2 is 1.97 bits per heavy atom. The highest BCUT2D eigenvalue weighted by Crippen LogP contribution is 2.34. The minimum atomic E-state index is -0.0505. The number of ketones is 1. The number of aliphatic hydroxyl groups excluding tert-OH is 1. The first-order valence-electron chi connectivity index (χ1n) is 10.3. The van der Waals surface area contributed by atoms with Crippen molar-refractivity contribution in [1.29, 1.82) is 0 Å². The summed E-state index contributed by atoms with van der Waals surface area (Å²) in [5.74, 6) is 0.809. The zero-order valence-electron chi connectivity index (χ0n) is 18.2. The standard InChI is InChI=1S/C22H28N6O2.ClH/c1-16-14-18(17(15-20(16)30)23-7-13-29)24-21-19-6-4-5-8-27(19)25-22(21)26-9-11-28(2,3)12-10-26;/h4-6,8,14-15,29H,7,9-13H2,1-3H3;1H. The van der Waals surface area contributed by atoms with E-state index in [4.69, 9.17) is 10.1 Å². The van der Waals surface area contributed by atoms with Crippen molar-refractivity contribution >= 4 is 28.5 Å². The number of carbonyl (C=O) groups is 1. The fourth-order valence-corrected chi connectivity index (χ4v) is 3.73. The number of halogens is 1. The number of piperazine rings is 1. The molecule has 0 amide bonds. The summed E-state index contributed by atoms with van der Waals surface area (Å²) in [6.07, 6.45) is 5.28. The van der Waals surface area contributed by atoms with Crippen LogP contribution in [0.3, 0.4) is 0 Å².